The minimum absolute atomic E-state index is 0.869. The van der Waals surface area contributed by atoms with Gasteiger partial charge in [0.1, 0.15) is 7.85 Å². The highest BCUT2D eigenvalue weighted by Gasteiger charge is 2.28. The molecule has 0 aromatic heterocycles. The van der Waals surface area contributed by atoms with Gasteiger partial charge in [0.05, 0.1) is 0 Å². The van der Waals surface area contributed by atoms with Crippen molar-refractivity contribution in [1.29, 1.82) is 0 Å². The second kappa shape index (κ2) is 6.00. The molecule has 0 saturated heterocycles. The fraction of sp³-hybridized carbons (Fsp3) is 0.833. The van der Waals surface area contributed by atoms with Crippen LogP contribution in [0.4, 0.5) is 0 Å². The summed E-state index contributed by atoms with van der Waals surface area (Å²) >= 11 is 3.51. The van der Waals surface area contributed by atoms with Crippen LogP contribution in [0.3, 0.4) is 0 Å². The third-order valence-corrected chi connectivity index (χ3v) is 3.82. The summed E-state index contributed by atoms with van der Waals surface area (Å²) in [6, 6.07) is 0. The fourth-order valence-corrected chi connectivity index (χ4v) is 2.91. The van der Waals surface area contributed by atoms with Crippen LogP contribution < -0.4 is 0 Å². The molecule has 0 atom stereocenters. The van der Waals surface area contributed by atoms with Crippen LogP contribution in [0.15, 0.2) is 10.5 Å². The molecule has 1 aliphatic carbocycles. The van der Waals surface area contributed by atoms with Crippen molar-refractivity contribution >= 4 is 23.8 Å². The molecular weight excluding hydrogens is 235 g/mol. The number of hydrogen-bond donors (Lipinski definition) is 0. The second-order valence-corrected chi connectivity index (χ2v) is 6.02. The van der Waals surface area contributed by atoms with Crippen molar-refractivity contribution in [2.24, 2.45) is 17.8 Å². The van der Waals surface area contributed by atoms with E-state index in [4.69, 9.17) is 0 Å². The first-order valence-electron chi connectivity index (χ1n) is 5.99. The highest BCUT2D eigenvalue weighted by Crippen LogP contribution is 2.40. The molecule has 0 amide bonds. The van der Waals surface area contributed by atoms with E-state index in [0.29, 0.717) is 0 Å². The monoisotopic (exact) mass is 256 g/mol. The van der Waals surface area contributed by atoms with Gasteiger partial charge < -0.3 is 0 Å². The quantitative estimate of drug-likeness (QED) is 0.658. The number of allylic oxidation sites excluding steroid dienone is 1. The third kappa shape index (κ3) is 3.80. The van der Waals surface area contributed by atoms with Crippen LogP contribution in [-0.2, 0) is 0 Å². The average Bonchev–Trinajstić information content (AvgIpc) is 2.08. The SMILES string of the molecule is B/C(Br)=C/C1CC(CC(CC)CC)C1. The maximum Gasteiger partial charge on any atom is 0.148 e. The highest BCUT2D eigenvalue weighted by molar-refractivity contribution is 9.12. The molecule has 80 valence electrons. The summed E-state index contributed by atoms with van der Waals surface area (Å²) < 4.78 is 1.31. The predicted octanol–water partition coefficient (Wildman–Crippen LogP) is 3.71. The summed E-state index contributed by atoms with van der Waals surface area (Å²) in [5.41, 5.74) is 0. The molecule has 0 N–H and O–H groups in total. The molecule has 0 nitrogen and oxygen atoms in total. The van der Waals surface area contributed by atoms with Crippen LogP contribution in [-0.4, -0.2) is 7.85 Å². The number of rotatable bonds is 5. The maximum absolute atomic E-state index is 3.51. The molecule has 0 spiro atoms. The molecule has 2 heteroatoms. The standard InChI is InChI=1S/C12H22BBr/c1-3-9(4-2)5-10-6-11(7-10)8-12(13)14/h8-11H,3-7,13H2,1-2H3/b12-8-. The molecule has 0 unspecified atom stereocenters. The van der Waals surface area contributed by atoms with Crippen molar-refractivity contribution in [3.05, 3.63) is 10.5 Å². The normalized spacial score (nSPS) is 27.9. The zero-order valence-corrected chi connectivity index (χ0v) is 11.3. The van der Waals surface area contributed by atoms with Gasteiger partial charge in [0, 0.05) is 0 Å². The van der Waals surface area contributed by atoms with Crippen LogP contribution in [0, 0.1) is 17.8 Å². The Morgan fingerprint density at radius 2 is 2.00 bits per heavy atom. The summed E-state index contributed by atoms with van der Waals surface area (Å²) in [7, 11) is 2.13. The minimum Gasteiger partial charge on any atom is -0.0810 e. The fourth-order valence-electron chi connectivity index (χ4n) is 2.53. The molecular formula is C12H22BBr. The van der Waals surface area contributed by atoms with Gasteiger partial charge in [-0.2, -0.15) is 0 Å². The van der Waals surface area contributed by atoms with E-state index in [1.165, 1.54) is 36.5 Å². The van der Waals surface area contributed by atoms with Gasteiger partial charge in [0.25, 0.3) is 0 Å². The topological polar surface area (TPSA) is 0 Å². The lowest BCUT2D eigenvalue weighted by molar-refractivity contribution is 0.189. The van der Waals surface area contributed by atoms with E-state index in [2.05, 4.69) is 43.7 Å². The molecule has 0 aromatic carbocycles. The van der Waals surface area contributed by atoms with Gasteiger partial charge in [0.15, 0.2) is 0 Å². The van der Waals surface area contributed by atoms with Crippen molar-refractivity contribution in [2.45, 2.75) is 46.0 Å². The molecule has 1 fully saturated rings. The lowest BCUT2D eigenvalue weighted by atomic mass is 9.70. The predicted molar refractivity (Wildman–Crippen MR) is 70.5 cm³/mol. The zero-order valence-electron chi connectivity index (χ0n) is 9.72. The maximum atomic E-state index is 3.51. The van der Waals surface area contributed by atoms with Gasteiger partial charge in [0.2, 0.25) is 0 Å². The van der Waals surface area contributed by atoms with Crippen molar-refractivity contribution < 1.29 is 0 Å². The molecule has 1 aliphatic rings. The van der Waals surface area contributed by atoms with Crippen LogP contribution >= 0.6 is 15.9 Å². The first-order chi connectivity index (χ1) is 6.65. The Morgan fingerprint density at radius 1 is 1.43 bits per heavy atom. The Kier molecular flexibility index (Phi) is 5.29. The number of halogens is 1. The highest BCUT2D eigenvalue weighted by atomic mass is 79.9. The largest absolute Gasteiger partial charge is 0.148 e. The van der Waals surface area contributed by atoms with E-state index in [1.54, 1.807) is 0 Å². The Morgan fingerprint density at radius 3 is 2.43 bits per heavy atom. The summed E-state index contributed by atoms with van der Waals surface area (Å²) in [5.74, 6) is 2.87. The second-order valence-electron chi connectivity index (χ2n) is 4.77. The zero-order chi connectivity index (χ0) is 10.6. The molecule has 1 saturated carbocycles. The Labute approximate surface area is 98.1 Å². The molecule has 0 heterocycles. The van der Waals surface area contributed by atoms with Gasteiger partial charge >= 0.3 is 0 Å². The molecule has 0 aromatic rings. The summed E-state index contributed by atoms with van der Waals surface area (Å²) in [6.07, 6.45) is 9.44. The Hall–Kier alpha value is 0.285. The van der Waals surface area contributed by atoms with Crippen molar-refractivity contribution in [3.8, 4) is 0 Å². The Bertz CT molecular complexity index is 186. The van der Waals surface area contributed by atoms with Gasteiger partial charge in [-0.25, -0.2) is 0 Å². The minimum atomic E-state index is 0.869. The van der Waals surface area contributed by atoms with Crippen molar-refractivity contribution in [2.75, 3.05) is 0 Å². The van der Waals surface area contributed by atoms with Crippen molar-refractivity contribution in [3.63, 3.8) is 0 Å². The summed E-state index contributed by atoms with van der Waals surface area (Å²) in [6.45, 7) is 4.65. The van der Waals surface area contributed by atoms with E-state index in [1.807, 2.05) is 0 Å². The van der Waals surface area contributed by atoms with E-state index in [0.717, 1.165) is 17.8 Å². The van der Waals surface area contributed by atoms with Crippen LogP contribution in [0.25, 0.3) is 0 Å². The lowest BCUT2D eigenvalue weighted by Gasteiger charge is -2.35. The third-order valence-electron chi connectivity index (χ3n) is 3.56. The first kappa shape index (κ1) is 12.4. The van der Waals surface area contributed by atoms with Crippen LogP contribution in [0.2, 0.25) is 0 Å². The molecule has 0 radical (unpaired) electrons. The molecule has 0 bridgehead atoms. The lowest BCUT2D eigenvalue weighted by Crippen LogP contribution is -2.24. The van der Waals surface area contributed by atoms with Crippen molar-refractivity contribution in [1.82, 2.24) is 0 Å². The van der Waals surface area contributed by atoms with E-state index >= 15 is 0 Å². The summed E-state index contributed by atoms with van der Waals surface area (Å²) in [4.78, 5) is 0. The smallest absolute Gasteiger partial charge is 0.0810 e. The molecule has 14 heavy (non-hydrogen) atoms. The molecule has 1 rings (SSSR count). The van der Waals surface area contributed by atoms with E-state index in [9.17, 15) is 0 Å². The van der Waals surface area contributed by atoms with Crippen LogP contribution in [0.1, 0.15) is 46.0 Å². The van der Waals surface area contributed by atoms with Gasteiger partial charge in [-0.3, -0.25) is 0 Å². The summed E-state index contributed by atoms with van der Waals surface area (Å²) in [5, 5.41) is 0. The van der Waals surface area contributed by atoms with Gasteiger partial charge in [-0.05, 0) is 37.0 Å². The molecule has 0 aliphatic heterocycles. The van der Waals surface area contributed by atoms with Gasteiger partial charge in [-0.15, -0.1) is 0 Å². The van der Waals surface area contributed by atoms with E-state index in [-0.39, 0.29) is 0 Å². The van der Waals surface area contributed by atoms with Gasteiger partial charge in [-0.1, -0.05) is 53.1 Å². The first-order valence-corrected chi connectivity index (χ1v) is 6.78. The Balaban J connectivity index is 2.18. The van der Waals surface area contributed by atoms with Crippen LogP contribution in [0.5, 0.6) is 0 Å². The number of hydrogen-bond acceptors (Lipinski definition) is 0. The van der Waals surface area contributed by atoms with E-state index < -0.39 is 0 Å². The average molecular weight is 257 g/mol.